The van der Waals surface area contributed by atoms with Crippen LogP contribution in [0.2, 0.25) is 0 Å². The number of hydrogen-bond donors (Lipinski definition) is 0. The van der Waals surface area contributed by atoms with Gasteiger partial charge in [0.2, 0.25) is 0 Å². The topological polar surface area (TPSA) is 26.3 Å². The molecule has 1 aromatic carbocycles. The van der Waals surface area contributed by atoms with Crippen molar-refractivity contribution in [3.05, 3.63) is 29.8 Å². The highest BCUT2D eigenvalue weighted by Gasteiger charge is 2.13. The van der Waals surface area contributed by atoms with E-state index in [1.807, 2.05) is 31.2 Å². The summed E-state index contributed by atoms with van der Waals surface area (Å²) in [5.74, 6) is 0. The molecule has 15 heavy (non-hydrogen) atoms. The van der Waals surface area contributed by atoms with E-state index in [0.717, 1.165) is 4.90 Å². The number of hydrogen-bond acceptors (Lipinski definition) is 2. The summed E-state index contributed by atoms with van der Waals surface area (Å²) in [4.78, 5) is 0.727. The zero-order chi connectivity index (χ0) is 11.5. The predicted octanol–water partition coefficient (Wildman–Crippen LogP) is 3.04. The smallest absolute Gasteiger partial charge is 0.189 e. The minimum absolute atomic E-state index is 0.131. The van der Waals surface area contributed by atoms with Crippen LogP contribution in [0.25, 0.3) is 0 Å². The first-order valence-electron chi connectivity index (χ1n) is 5.10. The molecular formula is C12H18O2S. The van der Waals surface area contributed by atoms with Crippen LogP contribution in [0.5, 0.6) is 0 Å². The monoisotopic (exact) mass is 226 g/mol. The second-order valence-corrected chi connectivity index (χ2v) is 5.59. The molecule has 3 heteroatoms. The van der Waals surface area contributed by atoms with Crippen molar-refractivity contribution in [3.63, 3.8) is 0 Å². The molecular weight excluding hydrogens is 208 g/mol. The van der Waals surface area contributed by atoms with Gasteiger partial charge in [-0.1, -0.05) is 32.9 Å². The van der Waals surface area contributed by atoms with Crippen molar-refractivity contribution in [1.82, 2.24) is 0 Å². The van der Waals surface area contributed by atoms with Crippen molar-refractivity contribution >= 4 is 11.1 Å². The number of rotatable bonds is 3. The minimum atomic E-state index is -1.32. The fraction of sp³-hybridized carbons (Fsp3) is 0.500. The van der Waals surface area contributed by atoms with E-state index in [0.29, 0.717) is 6.61 Å². The third kappa shape index (κ3) is 3.43. The molecule has 0 heterocycles. The second-order valence-electron chi connectivity index (χ2n) is 4.42. The SMILES string of the molecule is CCOS(=O)c1ccc(C(C)(C)C)cc1. The van der Waals surface area contributed by atoms with E-state index in [1.165, 1.54) is 5.56 Å². The molecule has 0 radical (unpaired) electrons. The normalized spacial score (nSPS) is 13.9. The average Bonchev–Trinajstić information content (AvgIpc) is 2.17. The van der Waals surface area contributed by atoms with E-state index in [-0.39, 0.29) is 5.41 Å². The standard InChI is InChI=1S/C12H18O2S/c1-5-14-15(13)11-8-6-10(7-9-11)12(2,3)4/h6-9H,5H2,1-4H3. The van der Waals surface area contributed by atoms with Gasteiger partial charge in [0, 0.05) is 0 Å². The molecule has 1 atom stereocenters. The highest BCUT2D eigenvalue weighted by atomic mass is 32.2. The molecule has 0 spiro atoms. The molecule has 84 valence electrons. The van der Waals surface area contributed by atoms with Gasteiger partial charge in [0.25, 0.3) is 0 Å². The molecule has 0 N–H and O–H groups in total. The van der Waals surface area contributed by atoms with Crippen LogP contribution in [0.3, 0.4) is 0 Å². The Hall–Kier alpha value is -0.670. The van der Waals surface area contributed by atoms with Crippen LogP contribution in [0, 0.1) is 0 Å². The van der Waals surface area contributed by atoms with Gasteiger partial charge in [0.05, 0.1) is 11.5 Å². The van der Waals surface area contributed by atoms with E-state index >= 15 is 0 Å². The molecule has 0 aromatic heterocycles. The maximum Gasteiger partial charge on any atom is 0.189 e. The molecule has 0 fully saturated rings. The van der Waals surface area contributed by atoms with Crippen molar-refractivity contribution in [2.24, 2.45) is 0 Å². The Labute approximate surface area is 94.3 Å². The van der Waals surface area contributed by atoms with Gasteiger partial charge >= 0.3 is 0 Å². The first-order valence-corrected chi connectivity index (χ1v) is 6.18. The minimum Gasteiger partial charge on any atom is -0.287 e. The molecule has 0 aliphatic heterocycles. The van der Waals surface area contributed by atoms with E-state index in [1.54, 1.807) is 0 Å². The lowest BCUT2D eigenvalue weighted by Crippen LogP contribution is -2.10. The van der Waals surface area contributed by atoms with Crippen LogP contribution >= 0.6 is 0 Å². The molecule has 1 rings (SSSR count). The molecule has 0 saturated heterocycles. The summed E-state index contributed by atoms with van der Waals surface area (Å²) >= 11 is -1.32. The molecule has 0 saturated carbocycles. The zero-order valence-corrected chi connectivity index (χ0v) is 10.6. The maximum absolute atomic E-state index is 11.5. The zero-order valence-electron chi connectivity index (χ0n) is 9.74. The van der Waals surface area contributed by atoms with Crippen molar-refractivity contribution < 1.29 is 8.39 Å². The van der Waals surface area contributed by atoms with Gasteiger partial charge in [-0.05, 0) is 30.0 Å². The van der Waals surface area contributed by atoms with Gasteiger partial charge in [-0.25, -0.2) is 4.21 Å². The molecule has 1 aromatic rings. The van der Waals surface area contributed by atoms with Crippen molar-refractivity contribution in [2.45, 2.75) is 38.0 Å². The Morgan fingerprint density at radius 3 is 2.13 bits per heavy atom. The third-order valence-corrected chi connectivity index (χ3v) is 3.24. The van der Waals surface area contributed by atoms with Gasteiger partial charge < -0.3 is 0 Å². The highest BCUT2D eigenvalue weighted by molar-refractivity contribution is 7.80. The molecule has 1 unspecified atom stereocenters. The van der Waals surface area contributed by atoms with Crippen molar-refractivity contribution in [1.29, 1.82) is 0 Å². The van der Waals surface area contributed by atoms with Crippen LogP contribution < -0.4 is 0 Å². The summed E-state index contributed by atoms with van der Waals surface area (Å²) in [6, 6.07) is 7.75. The second kappa shape index (κ2) is 4.90. The van der Waals surface area contributed by atoms with E-state index in [4.69, 9.17) is 4.18 Å². The summed E-state index contributed by atoms with van der Waals surface area (Å²) in [6.07, 6.45) is 0. The Balaban J connectivity index is 2.86. The Kier molecular flexibility index (Phi) is 4.05. The lowest BCUT2D eigenvalue weighted by Gasteiger charge is -2.18. The first kappa shape index (κ1) is 12.4. The van der Waals surface area contributed by atoms with E-state index in [2.05, 4.69) is 20.8 Å². The summed E-state index contributed by atoms with van der Waals surface area (Å²) in [7, 11) is 0. The fourth-order valence-electron chi connectivity index (χ4n) is 1.24. The number of benzene rings is 1. The van der Waals surface area contributed by atoms with Crippen LogP contribution in [-0.2, 0) is 20.7 Å². The van der Waals surface area contributed by atoms with Gasteiger partial charge in [0.1, 0.15) is 0 Å². The molecule has 0 amide bonds. The Morgan fingerprint density at radius 2 is 1.73 bits per heavy atom. The molecule has 2 nitrogen and oxygen atoms in total. The lowest BCUT2D eigenvalue weighted by atomic mass is 9.87. The van der Waals surface area contributed by atoms with Gasteiger partial charge in [0.15, 0.2) is 11.1 Å². The van der Waals surface area contributed by atoms with Crippen LogP contribution in [0.15, 0.2) is 29.2 Å². The predicted molar refractivity (Wildman–Crippen MR) is 63.2 cm³/mol. The third-order valence-electron chi connectivity index (χ3n) is 2.14. The van der Waals surface area contributed by atoms with E-state index in [9.17, 15) is 4.21 Å². The maximum atomic E-state index is 11.5. The highest BCUT2D eigenvalue weighted by Crippen LogP contribution is 2.23. The summed E-state index contributed by atoms with van der Waals surface area (Å²) in [5.41, 5.74) is 1.37. The van der Waals surface area contributed by atoms with Crippen LogP contribution in [-0.4, -0.2) is 10.8 Å². The summed E-state index contributed by atoms with van der Waals surface area (Å²) in [6.45, 7) is 8.76. The summed E-state index contributed by atoms with van der Waals surface area (Å²) in [5, 5.41) is 0. The molecule has 0 bridgehead atoms. The lowest BCUT2D eigenvalue weighted by molar-refractivity contribution is 0.371. The van der Waals surface area contributed by atoms with Gasteiger partial charge in [-0.3, -0.25) is 4.18 Å². The van der Waals surface area contributed by atoms with Crippen LogP contribution in [0.4, 0.5) is 0 Å². The largest absolute Gasteiger partial charge is 0.287 e. The quantitative estimate of drug-likeness (QED) is 0.792. The first-order chi connectivity index (χ1) is 6.95. The van der Waals surface area contributed by atoms with E-state index < -0.39 is 11.1 Å². The van der Waals surface area contributed by atoms with Gasteiger partial charge in [-0.2, -0.15) is 0 Å². The Morgan fingerprint density at radius 1 is 1.20 bits per heavy atom. The van der Waals surface area contributed by atoms with Crippen molar-refractivity contribution in [2.75, 3.05) is 6.61 Å². The average molecular weight is 226 g/mol. The molecule has 0 aliphatic carbocycles. The van der Waals surface area contributed by atoms with Crippen LogP contribution in [0.1, 0.15) is 33.3 Å². The fourth-order valence-corrected chi connectivity index (χ4v) is 1.95. The molecule has 0 aliphatic rings. The Bertz CT molecular complexity index is 336. The van der Waals surface area contributed by atoms with Crippen molar-refractivity contribution in [3.8, 4) is 0 Å². The summed E-state index contributed by atoms with van der Waals surface area (Å²) < 4.78 is 16.5. The van der Waals surface area contributed by atoms with Gasteiger partial charge in [-0.15, -0.1) is 0 Å².